The molecule has 10 heteroatoms. The van der Waals surface area contributed by atoms with Crippen molar-refractivity contribution in [2.24, 2.45) is 0 Å². The summed E-state index contributed by atoms with van der Waals surface area (Å²) in [7, 11) is -0.860. The first-order valence-corrected chi connectivity index (χ1v) is 12.3. The standard InChI is InChI=1S/C25H25FN2O6S/c1-16-25(29)28(14-17-5-4-6-23(32-2)24(17)33-3)15-18-13-20(9-12-22(18)34-16)27-35(30,31)21-10-7-19(26)8-11-21/h4-13,16,27H,14-15H2,1-3H3/t16-/m0/s1. The molecule has 0 unspecified atom stereocenters. The molecule has 8 nitrogen and oxygen atoms in total. The Morgan fingerprint density at radius 3 is 2.51 bits per heavy atom. The number of halogens is 1. The number of para-hydroxylation sites is 1. The number of hydrogen-bond acceptors (Lipinski definition) is 6. The fourth-order valence-corrected chi connectivity index (χ4v) is 4.96. The van der Waals surface area contributed by atoms with Crippen LogP contribution in [0, 0.1) is 5.82 Å². The summed E-state index contributed by atoms with van der Waals surface area (Å²) >= 11 is 0. The lowest BCUT2D eigenvalue weighted by Gasteiger charge is -2.24. The summed E-state index contributed by atoms with van der Waals surface area (Å²) in [4.78, 5) is 14.6. The summed E-state index contributed by atoms with van der Waals surface area (Å²) in [6.07, 6.45) is -0.741. The van der Waals surface area contributed by atoms with Gasteiger partial charge < -0.3 is 19.1 Å². The van der Waals surface area contributed by atoms with Gasteiger partial charge >= 0.3 is 0 Å². The highest BCUT2D eigenvalue weighted by atomic mass is 32.2. The average Bonchev–Trinajstić information content (AvgIpc) is 2.95. The highest BCUT2D eigenvalue weighted by Crippen LogP contribution is 2.34. The molecule has 35 heavy (non-hydrogen) atoms. The summed E-state index contributed by atoms with van der Waals surface area (Å²) < 4.78 is 57.9. The second-order valence-corrected chi connectivity index (χ2v) is 9.67. The first-order chi connectivity index (χ1) is 16.7. The Morgan fingerprint density at radius 2 is 1.83 bits per heavy atom. The molecule has 0 aliphatic carbocycles. The lowest BCUT2D eigenvalue weighted by atomic mass is 10.1. The van der Waals surface area contributed by atoms with E-state index in [0.717, 1.165) is 17.7 Å². The monoisotopic (exact) mass is 500 g/mol. The second-order valence-electron chi connectivity index (χ2n) is 7.99. The van der Waals surface area contributed by atoms with E-state index in [2.05, 4.69) is 4.72 Å². The molecule has 3 aromatic rings. The van der Waals surface area contributed by atoms with Gasteiger partial charge in [-0.25, -0.2) is 12.8 Å². The molecular weight excluding hydrogens is 475 g/mol. The summed E-state index contributed by atoms with van der Waals surface area (Å²) in [5.74, 6) is 0.809. The van der Waals surface area contributed by atoms with Gasteiger partial charge in [-0.2, -0.15) is 0 Å². The van der Waals surface area contributed by atoms with Crippen LogP contribution in [0.15, 0.2) is 65.6 Å². The number of methoxy groups -OCH3 is 2. The van der Waals surface area contributed by atoms with Gasteiger partial charge in [0.1, 0.15) is 11.6 Å². The van der Waals surface area contributed by atoms with Crippen LogP contribution >= 0.6 is 0 Å². The number of hydrogen-bond donors (Lipinski definition) is 1. The molecular formula is C25H25FN2O6S. The number of nitrogens with one attached hydrogen (secondary N) is 1. The van der Waals surface area contributed by atoms with Crippen LogP contribution < -0.4 is 18.9 Å². The quantitative estimate of drug-likeness (QED) is 0.528. The highest BCUT2D eigenvalue weighted by molar-refractivity contribution is 7.92. The smallest absolute Gasteiger partial charge is 0.263 e. The highest BCUT2D eigenvalue weighted by Gasteiger charge is 2.29. The van der Waals surface area contributed by atoms with Gasteiger partial charge in [0.25, 0.3) is 15.9 Å². The first kappa shape index (κ1) is 24.3. The third-order valence-electron chi connectivity index (χ3n) is 5.61. The molecule has 1 N–H and O–H groups in total. The minimum absolute atomic E-state index is 0.0689. The number of rotatable bonds is 7. The number of sulfonamides is 1. The molecule has 0 aromatic heterocycles. The van der Waals surface area contributed by atoms with Crippen molar-refractivity contribution >= 4 is 21.6 Å². The topological polar surface area (TPSA) is 94.2 Å². The van der Waals surface area contributed by atoms with Crippen LogP contribution in [-0.4, -0.2) is 39.5 Å². The molecule has 1 aliphatic heterocycles. The van der Waals surface area contributed by atoms with Crippen LogP contribution in [0.1, 0.15) is 18.1 Å². The van der Waals surface area contributed by atoms with E-state index in [-0.39, 0.29) is 29.6 Å². The Bertz CT molecular complexity index is 1340. The van der Waals surface area contributed by atoms with Gasteiger partial charge in [0, 0.05) is 29.9 Å². The molecule has 0 bridgehead atoms. The predicted octanol–water partition coefficient (Wildman–Crippen LogP) is 3.95. The third-order valence-corrected chi connectivity index (χ3v) is 7.00. The van der Waals surface area contributed by atoms with Crippen molar-refractivity contribution in [3.63, 3.8) is 0 Å². The van der Waals surface area contributed by atoms with Crippen LogP contribution in [0.25, 0.3) is 0 Å². The van der Waals surface area contributed by atoms with Gasteiger partial charge in [0.2, 0.25) is 0 Å². The minimum Gasteiger partial charge on any atom is -0.493 e. The van der Waals surface area contributed by atoms with Crippen molar-refractivity contribution in [3.05, 3.63) is 77.6 Å². The van der Waals surface area contributed by atoms with Gasteiger partial charge in [-0.3, -0.25) is 9.52 Å². The Kier molecular flexibility index (Phi) is 6.83. The molecule has 184 valence electrons. The van der Waals surface area contributed by atoms with Gasteiger partial charge in [-0.05, 0) is 55.5 Å². The van der Waals surface area contributed by atoms with E-state index in [4.69, 9.17) is 14.2 Å². The summed E-state index contributed by atoms with van der Waals surface area (Å²) in [5.41, 5.74) is 1.67. The molecule has 4 rings (SSSR count). The van der Waals surface area contributed by atoms with Gasteiger partial charge in [0.15, 0.2) is 17.6 Å². The predicted molar refractivity (Wildman–Crippen MR) is 128 cm³/mol. The van der Waals surface area contributed by atoms with E-state index < -0.39 is 21.9 Å². The van der Waals surface area contributed by atoms with Crippen LogP contribution in [-0.2, 0) is 27.9 Å². The van der Waals surface area contributed by atoms with E-state index in [9.17, 15) is 17.6 Å². The molecule has 1 heterocycles. The zero-order valence-corrected chi connectivity index (χ0v) is 20.3. The molecule has 0 radical (unpaired) electrons. The van der Waals surface area contributed by atoms with Gasteiger partial charge in [-0.15, -0.1) is 0 Å². The van der Waals surface area contributed by atoms with E-state index in [0.29, 0.717) is 22.8 Å². The maximum atomic E-state index is 13.2. The van der Waals surface area contributed by atoms with Crippen molar-refractivity contribution in [2.75, 3.05) is 18.9 Å². The molecule has 1 amide bonds. The Labute approximate surface area is 203 Å². The summed E-state index contributed by atoms with van der Waals surface area (Å²) in [5, 5.41) is 0. The first-order valence-electron chi connectivity index (χ1n) is 10.8. The van der Waals surface area contributed by atoms with Crippen LogP contribution in [0.5, 0.6) is 17.2 Å². The van der Waals surface area contributed by atoms with E-state index in [1.807, 2.05) is 12.1 Å². The molecule has 3 aromatic carbocycles. The fraction of sp³-hybridized carbons (Fsp3) is 0.240. The second kappa shape index (κ2) is 9.83. The maximum Gasteiger partial charge on any atom is 0.263 e. The van der Waals surface area contributed by atoms with Crippen LogP contribution in [0.3, 0.4) is 0 Å². The number of amides is 1. The Hall–Kier alpha value is -3.79. The fourth-order valence-electron chi connectivity index (χ4n) is 3.91. The molecule has 0 saturated carbocycles. The number of fused-ring (bicyclic) bond motifs is 1. The normalized spacial score (nSPS) is 15.6. The molecule has 0 fully saturated rings. The molecule has 0 spiro atoms. The zero-order valence-electron chi connectivity index (χ0n) is 19.4. The van der Waals surface area contributed by atoms with E-state index in [1.54, 1.807) is 43.2 Å². The minimum atomic E-state index is -3.93. The number of ether oxygens (including phenoxy) is 3. The number of nitrogens with zero attached hydrogens (tertiary/aromatic N) is 1. The summed E-state index contributed by atoms with van der Waals surface area (Å²) in [6, 6.07) is 14.8. The van der Waals surface area contributed by atoms with Crippen LogP contribution in [0.2, 0.25) is 0 Å². The number of carbonyl (C=O) groups excluding carboxylic acids is 1. The van der Waals surface area contributed by atoms with Gasteiger partial charge in [0.05, 0.1) is 19.1 Å². The van der Waals surface area contributed by atoms with E-state index in [1.165, 1.54) is 19.2 Å². The van der Waals surface area contributed by atoms with E-state index >= 15 is 0 Å². The lowest BCUT2D eigenvalue weighted by Crippen LogP contribution is -2.37. The molecule has 1 aliphatic rings. The van der Waals surface area contributed by atoms with Crippen LogP contribution in [0.4, 0.5) is 10.1 Å². The van der Waals surface area contributed by atoms with Crippen molar-refractivity contribution in [1.82, 2.24) is 4.90 Å². The van der Waals surface area contributed by atoms with Crippen molar-refractivity contribution in [3.8, 4) is 17.2 Å². The number of benzene rings is 3. The number of anilines is 1. The largest absolute Gasteiger partial charge is 0.493 e. The SMILES string of the molecule is COc1cccc(CN2Cc3cc(NS(=O)(=O)c4ccc(F)cc4)ccc3O[C@@H](C)C2=O)c1OC. The molecule has 1 atom stereocenters. The van der Waals surface area contributed by atoms with Crippen molar-refractivity contribution < 1.29 is 31.8 Å². The zero-order chi connectivity index (χ0) is 25.2. The third kappa shape index (κ3) is 5.17. The average molecular weight is 501 g/mol. The Balaban J connectivity index is 1.63. The number of carbonyl (C=O) groups is 1. The maximum absolute atomic E-state index is 13.2. The summed E-state index contributed by atoms with van der Waals surface area (Å²) in [6.45, 7) is 2.08. The van der Waals surface area contributed by atoms with Crippen molar-refractivity contribution in [2.45, 2.75) is 31.0 Å². The lowest BCUT2D eigenvalue weighted by molar-refractivity contribution is -0.138. The van der Waals surface area contributed by atoms with Crippen molar-refractivity contribution in [1.29, 1.82) is 0 Å². The van der Waals surface area contributed by atoms with Gasteiger partial charge in [-0.1, -0.05) is 12.1 Å². The molecule has 0 saturated heterocycles. The Morgan fingerprint density at radius 1 is 1.09 bits per heavy atom.